The highest BCUT2D eigenvalue weighted by molar-refractivity contribution is 5.20. The summed E-state index contributed by atoms with van der Waals surface area (Å²) in [5.74, 6) is 0.653. The zero-order valence-electron chi connectivity index (χ0n) is 14.0. The number of ether oxygens (including phenoxy) is 1. The molecule has 1 fully saturated rings. The van der Waals surface area contributed by atoms with Crippen LogP contribution in [0, 0.1) is 18.8 Å². The SMILES string of the molecule is C=CCCC1CCC(C(OCc2ccc(C)cc2)C(F)F)CC1. The smallest absolute Gasteiger partial charge is 0.264 e. The highest BCUT2D eigenvalue weighted by Crippen LogP contribution is 2.36. The van der Waals surface area contributed by atoms with Gasteiger partial charge in [0.05, 0.1) is 6.61 Å². The lowest BCUT2D eigenvalue weighted by molar-refractivity contribution is -0.102. The van der Waals surface area contributed by atoms with Gasteiger partial charge in [0.2, 0.25) is 0 Å². The van der Waals surface area contributed by atoms with E-state index >= 15 is 0 Å². The summed E-state index contributed by atoms with van der Waals surface area (Å²) in [6.07, 6.45) is 4.54. The van der Waals surface area contributed by atoms with Crippen molar-refractivity contribution in [3.05, 3.63) is 48.0 Å². The Morgan fingerprint density at radius 1 is 1.17 bits per heavy atom. The standard InChI is InChI=1S/C20H28F2O/c1-3-4-5-16-10-12-18(13-11-16)19(20(21)22)23-14-17-8-6-15(2)7-9-17/h3,6-9,16,18-20H,1,4-5,10-14H2,2H3. The van der Waals surface area contributed by atoms with Gasteiger partial charge in [-0.1, -0.05) is 48.7 Å². The van der Waals surface area contributed by atoms with Gasteiger partial charge in [-0.05, 0) is 50.0 Å². The van der Waals surface area contributed by atoms with E-state index in [-0.39, 0.29) is 12.5 Å². The van der Waals surface area contributed by atoms with Gasteiger partial charge in [-0.15, -0.1) is 6.58 Å². The van der Waals surface area contributed by atoms with Crippen molar-refractivity contribution in [2.75, 3.05) is 0 Å². The summed E-state index contributed by atoms with van der Waals surface area (Å²) in [6, 6.07) is 7.87. The number of rotatable bonds is 8. The Morgan fingerprint density at radius 2 is 1.83 bits per heavy atom. The first kappa shape index (κ1) is 18.1. The fourth-order valence-electron chi connectivity index (χ4n) is 3.45. The van der Waals surface area contributed by atoms with Gasteiger partial charge in [0.25, 0.3) is 6.43 Å². The van der Waals surface area contributed by atoms with Crippen LogP contribution in [0.25, 0.3) is 0 Å². The summed E-state index contributed by atoms with van der Waals surface area (Å²) in [5, 5.41) is 0. The first-order valence-corrected chi connectivity index (χ1v) is 8.66. The second-order valence-corrected chi connectivity index (χ2v) is 6.74. The van der Waals surface area contributed by atoms with Crippen molar-refractivity contribution >= 4 is 0 Å². The molecule has 1 aromatic rings. The maximum Gasteiger partial charge on any atom is 0.264 e. The molecule has 0 spiro atoms. The van der Waals surface area contributed by atoms with E-state index in [1.54, 1.807) is 0 Å². The molecule has 0 saturated heterocycles. The predicted octanol–water partition coefficient (Wildman–Crippen LogP) is 5.92. The number of aryl methyl sites for hydroxylation is 1. The van der Waals surface area contributed by atoms with Crippen LogP contribution in [-0.4, -0.2) is 12.5 Å². The molecule has 2 rings (SSSR count). The number of hydrogen-bond donors (Lipinski definition) is 0. The minimum absolute atomic E-state index is 0.0135. The molecule has 1 atom stereocenters. The molecule has 1 aromatic carbocycles. The molecule has 0 bridgehead atoms. The van der Waals surface area contributed by atoms with Crippen molar-refractivity contribution < 1.29 is 13.5 Å². The first-order valence-electron chi connectivity index (χ1n) is 8.66. The van der Waals surface area contributed by atoms with E-state index in [9.17, 15) is 8.78 Å². The van der Waals surface area contributed by atoms with Crippen molar-refractivity contribution in [2.45, 2.75) is 64.6 Å². The Morgan fingerprint density at radius 3 is 2.39 bits per heavy atom. The molecule has 0 heterocycles. The maximum absolute atomic E-state index is 13.4. The molecule has 1 aliphatic carbocycles. The molecule has 128 valence electrons. The molecule has 0 radical (unpaired) electrons. The van der Waals surface area contributed by atoms with Gasteiger partial charge < -0.3 is 4.74 Å². The molecule has 1 unspecified atom stereocenters. The Labute approximate surface area is 138 Å². The lowest BCUT2D eigenvalue weighted by Gasteiger charge is -2.33. The predicted molar refractivity (Wildman–Crippen MR) is 90.6 cm³/mol. The van der Waals surface area contributed by atoms with Crippen LogP contribution in [0.5, 0.6) is 0 Å². The number of benzene rings is 1. The molecule has 1 saturated carbocycles. The lowest BCUT2D eigenvalue weighted by Crippen LogP contribution is -2.34. The van der Waals surface area contributed by atoms with Crippen LogP contribution in [0.1, 0.15) is 49.7 Å². The molecule has 0 aliphatic heterocycles. The minimum atomic E-state index is -2.41. The summed E-state index contributed by atoms with van der Waals surface area (Å²) < 4.78 is 32.4. The average Bonchev–Trinajstić information content (AvgIpc) is 2.55. The fourth-order valence-corrected chi connectivity index (χ4v) is 3.45. The van der Waals surface area contributed by atoms with E-state index < -0.39 is 12.5 Å². The molecule has 0 N–H and O–H groups in total. The van der Waals surface area contributed by atoms with Gasteiger partial charge in [0.1, 0.15) is 6.10 Å². The van der Waals surface area contributed by atoms with Crippen LogP contribution in [0.15, 0.2) is 36.9 Å². The highest BCUT2D eigenvalue weighted by atomic mass is 19.3. The topological polar surface area (TPSA) is 9.23 Å². The Kier molecular flexibility index (Phi) is 7.22. The number of hydrogen-bond acceptors (Lipinski definition) is 1. The third-order valence-electron chi connectivity index (χ3n) is 4.95. The molecule has 1 nitrogen and oxygen atoms in total. The zero-order valence-corrected chi connectivity index (χ0v) is 14.0. The minimum Gasteiger partial charge on any atom is -0.367 e. The lowest BCUT2D eigenvalue weighted by atomic mass is 9.77. The fraction of sp³-hybridized carbons (Fsp3) is 0.600. The molecular formula is C20H28F2O. The first-order chi connectivity index (χ1) is 11.1. The normalized spacial score (nSPS) is 23.0. The van der Waals surface area contributed by atoms with Crippen molar-refractivity contribution in [3.63, 3.8) is 0 Å². The molecule has 1 aliphatic rings. The van der Waals surface area contributed by atoms with Gasteiger partial charge >= 0.3 is 0 Å². The quantitative estimate of drug-likeness (QED) is 0.540. The molecule has 0 aromatic heterocycles. The van der Waals surface area contributed by atoms with Crippen LogP contribution >= 0.6 is 0 Å². The monoisotopic (exact) mass is 322 g/mol. The van der Waals surface area contributed by atoms with Gasteiger partial charge in [0.15, 0.2) is 0 Å². The van der Waals surface area contributed by atoms with Crippen LogP contribution in [0.4, 0.5) is 8.78 Å². The summed E-state index contributed by atoms with van der Waals surface area (Å²) in [7, 11) is 0. The zero-order chi connectivity index (χ0) is 16.7. The number of halogens is 2. The molecule has 23 heavy (non-hydrogen) atoms. The van der Waals surface area contributed by atoms with Crippen molar-refractivity contribution in [1.29, 1.82) is 0 Å². The van der Waals surface area contributed by atoms with Gasteiger partial charge in [-0.3, -0.25) is 0 Å². The second-order valence-electron chi connectivity index (χ2n) is 6.74. The van der Waals surface area contributed by atoms with E-state index in [4.69, 9.17) is 4.74 Å². The largest absolute Gasteiger partial charge is 0.367 e. The Hall–Kier alpha value is -1.22. The van der Waals surface area contributed by atoms with Crippen molar-refractivity contribution in [2.24, 2.45) is 11.8 Å². The van der Waals surface area contributed by atoms with E-state index in [1.807, 2.05) is 37.3 Å². The number of alkyl halides is 2. The van der Waals surface area contributed by atoms with E-state index in [2.05, 4.69) is 6.58 Å². The second kappa shape index (κ2) is 9.17. The highest BCUT2D eigenvalue weighted by Gasteiger charge is 2.33. The summed E-state index contributed by atoms with van der Waals surface area (Å²) >= 11 is 0. The Bertz CT molecular complexity index is 461. The van der Waals surface area contributed by atoms with E-state index in [1.165, 1.54) is 0 Å². The van der Waals surface area contributed by atoms with Crippen molar-refractivity contribution in [3.8, 4) is 0 Å². The summed E-state index contributed by atoms with van der Waals surface area (Å²) in [4.78, 5) is 0. The van der Waals surface area contributed by atoms with Gasteiger partial charge in [-0.2, -0.15) is 0 Å². The summed E-state index contributed by atoms with van der Waals surface area (Å²) in [5.41, 5.74) is 2.12. The number of allylic oxidation sites excluding steroid dienone is 1. The van der Waals surface area contributed by atoms with Crippen LogP contribution in [0.2, 0.25) is 0 Å². The third-order valence-corrected chi connectivity index (χ3v) is 4.95. The van der Waals surface area contributed by atoms with E-state index in [0.29, 0.717) is 5.92 Å². The van der Waals surface area contributed by atoms with Crippen LogP contribution in [-0.2, 0) is 11.3 Å². The third kappa shape index (κ3) is 5.72. The van der Waals surface area contributed by atoms with E-state index in [0.717, 1.165) is 49.7 Å². The van der Waals surface area contributed by atoms with Crippen molar-refractivity contribution in [1.82, 2.24) is 0 Å². The van der Waals surface area contributed by atoms with Crippen LogP contribution in [0.3, 0.4) is 0 Å². The van der Waals surface area contributed by atoms with Crippen LogP contribution < -0.4 is 0 Å². The molecule has 3 heteroatoms. The van der Waals surface area contributed by atoms with Gasteiger partial charge in [-0.25, -0.2) is 8.78 Å². The molecule has 0 amide bonds. The van der Waals surface area contributed by atoms with Gasteiger partial charge in [0, 0.05) is 0 Å². The average molecular weight is 322 g/mol. The molecular weight excluding hydrogens is 294 g/mol. The Balaban J connectivity index is 1.84. The summed E-state index contributed by atoms with van der Waals surface area (Å²) in [6.45, 7) is 6.03. The maximum atomic E-state index is 13.4.